The van der Waals surface area contributed by atoms with Crippen LogP contribution < -0.4 is 5.73 Å². The molecule has 0 aliphatic heterocycles. The van der Waals surface area contributed by atoms with Gasteiger partial charge in [0.05, 0.1) is 17.2 Å². The van der Waals surface area contributed by atoms with Crippen molar-refractivity contribution in [3.05, 3.63) is 63.1 Å². The molecule has 0 saturated carbocycles. The van der Waals surface area contributed by atoms with Crippen LogP contribution in [0.25, 0.3) is 0 Å². The van der Waals surface area contributed by atoms with E-state index < -0.39 is 5.97 Å². The zero-order valence-electron chi connectivity index (χ0n) is 10.8. The summed E-state index contributed by atoms with van der Waals surface area (Å²) in [5, 5.41) is 9.51. The molecule has 2 aromatic rings. The summed E-state index contributed by atoms with van der Waals surface area (Å²) >= 11 is 11.8. The monoisotopic (exact) mass is 320 g/mol. The van der Waals surface area contributed by atoms with Gasteiger partial charge in [0.15, 0.2) is 0 Å². The third-order valence-electron chi connectivity index (χ3n) is 2.78. The van der Waals surface area contributed by atoms with Crippen LogP contribution in [0.15, 0.2) is 36.4 Å². The van der Waals surface area contributed by atoms with E-state index in [1.54, 1.807) is 18.2 Å². The van der Waals surface area contributed by atoms with Gasteiger partial charge in [0.1, 0.15) is 6.61 Å². The Kier molecular flexibility index (Phi) is 4.69. The van der Waals surface area contributed by atoms with Crippen LogP contribution in [0.3, 0.4) is 0 Å². The molecule has 0 atom stereocenters. The molecule has 4 nitrogen and oxygen atoms in total. The molecule has 0 spiro atoms. The average molecular weight is 321 g/mol. The van der Waals surface area contributed by atoms with Crippen molar-refractivity contribution in [2.24, 2.45) is 0 Å². The van der Waals surface area contributed by atoms with E-state index in [2.05, 4.69) is 0 Å². The number of nitrogens with zero attached hydrogens (tertiary/aromatic N) is 1. The maximum atomic E-state index is 12.0. The number of esters is 1. The van der Waals surface area contributed by atoms with Gasteiger partial charge in [-0.3, -0.25) is 0 Å². The molecule has 0 aliphatic rings. The topological polar surface area (TPSA) is 76.1 Å². The zero-order chi connectivity index (χ0) is 15.4. The first kappa shape index (κ1) is 15.2. The summed E-state index contributed by atoms with van der Waals surface area (Å²) in [5.41, 5.74) is 7.23. The Morgan fingerprint density at radius 3 is 2.67 bits per heavy atom. The third-order valence-corrected chi connectivity index (χ3v) is 3.36. The molecule has 0 unspecified atom stereocenters. The lowest BCUT2D eigenvalue weighted by atomic mass is 10.1. The van der Waals surface area contributed by atoms with E-state index in [4.69, 9.17) is 38.9 Å². The lowest BCUT2D eigenvalue weighted by Gasteiger charge is -2.08. The Morgan fingerprint density at radius 2 is 2.00 bits per heavy atom. The molecular weight excluding hydrogens is 311 g/mol. The van der Waals surface area contributed by atoms with E-state index in [1.807, 2.05) is 6.07 Å². The van der Waals surface area contributed by atoms with Gasteiger partial charge in [0.2, 0.25) is 0 Å². The van der Waals surface area contributed by atoms with Crippen LogP contribution in [0, 0.1) is 11.3 Å². The number of halogens is 2. The minimum atomic E-state index is -0.588. The van der Waals surface area contributed by atoms with Crippen LogP contribution in [0.4, 0.5) is 5.69 Å². The number of hydrogen-bond donors (Lipinski definition) is 1. The highest BCUT2D eigenvalue weighted by atomic mass is 35.5. The van der Waals surface area contributed by atoms with Crippen molar-refractivity contribution in [3.8, 4) is 6.07 Å². The number of hydrogen-bond acceptors (Lipinski definition) is 4. The van der Waals surface area contributed by atoms with Crippen LogP contribution in [-0.4, -0.2) is 5.97 Å². The van der Waals surface area contributed by atoms with Crippen molar-refractivity contribution in [1.29, 1.82) is 5.26 Å². The van der Waals surface area contributed by atoms with E-state index in [-0.39, 0.29) is 17.9 Å². The molecule has 0 bridgehead atoms. The van der Waals surface area contributed by atoms with E-state index in [0.29, 0.717) is 21.2 Å². The second-order valence-corrected chi connectivity index (χ2v) is 5.07. The molecule has 0 heterocycles. The van der Waals surface area contributed by atoms with Gasteiger partial charge in [-0.05, 0) is 30.3 Å². The summed E-state index contributed by atoms with van der Waals surface area (Å²) in [6.07, 6.45) is 0. The highest BCUT2D eigenvalue weighted by Gasteiger charge is 2.13. The zero-order valence-corrected chi connectivity index (χ0v) is 12.3. The quantitative estimate of drug-likeness (QED) is 0.689. The molecule has 0 aromatic heterocycles. The smallest absolute Gasteiger partial charge is 0.340 e. The largest absolute Gasteiger partial charge is 0.457 e. The third kappa shape index (κ3) is 3.66. The van der Waals surface area contributed by atoms with Gasteiger partial charge < -0.3 is 10.5 Å². The maximum absolute atomic E-state index is 12.0. The van der Waals surface area contributed by atoms with Crippen molar-refractivity contribution in [2.75, 3.05) is 5.73 Å². The number of nitrogen functional groups attached to an aromatic ring is 1. The van der Waals surface area contributed by atoms with Crippen LogP contribution in [0.2, 0.25) is 10.0 Å². The molecular formula is C15H10Cl2N2O2. The Labute approximate surface area is 131 Å². The molecule has 0 saturated heterocycles. The van der Waals surface area contributed by atoms with Crippen molar-refractivity contribution in [1.82, 2.24) is 0 Å². The van der Waals surface area contributed by atoms with E-state index >= 15 is 0 Å². The summed E-state index contributed by atoms with van der Waals surface area (Å²) < 4.78 is 5.16. The lowest BCUT2D eigenvalue weighted by Crippen LogP contribution is -2.08. The number of carbonyl (C=O) groups excluding carboxylic acids is 1. The number of benzene rings is 2. The molecule has 6 heteroatoms. The van der Waals surface area contributed by atoms with Gasteiger partial charge in [-0.15, -0.1) is 0 Å². The first-order chi connectivity index (χ1) is 10.0. The van der Waals surface area contributed by atoms with Crippen molar-refractivity contribution >= 4 is 34.9 Å². The number of nitriles is 1. The van der Waals surface area contributed by atoms with Crippen molar-refractivity contribution in [2.45, 2.75) is 6.61 Å². The first-order valence-electron chi connectivity index (χ1n) is 5.92. The van der Waals surface area contributed by atoms with E-state index in [9.17, 15) is 4.79 Å². The van der Waals surface area contributed by atoms with Crippen molar-refractivity contribution < 1.29 is 9.53 Å². The molecule has 2 N–H and O–H groups in total. The van der Waals surface area contributed by atoms with E-state index in [0.717, 1.165) is 0 Å². The maximum Gasteiger partial charge on any atom is 0.340 e. The molecule has 0 aliphatic carbocycles. The van der Waals surface area contributed by atoms with Crippen molar-refractivity contribution in [3.63, 3.8) is 0 Å². The van der Waals surface area contributed by atoms with Gasteiger partial charge >= 0.3 is 5.97 Å². The molecule has 0 fully saturated rings. The first-order valence-corrected chi connectivity index (χ1v) is 6.67. The minimum Gasteiger partial charge on any atom is -0.457 e. The fourth-order valence-electron chi connectivity index (χ4n) is 1.66. The molecule has 0 radical (unpaired) electrons. The fourth-order valence-corrected chi connectivity index (χ4v) is 2.07. The molecule has 0 amide bonds. The molecule has 21 heavy (non-hydrogen) atoms. The van der Waals surface area contributed by atoms with Gasteiger partial charge in [0.25, 0.3) is 0 Å². The highest BCUT2D eigenvalue weighted by molar-refractivity contribution is 6.31. The number of nitrogens with two attached hydrogens (primary N) is 1. The summed E-state index contributed by atoms with van der Waals surface area (Å²) in [7, 11) is 0. The standard InChI is InChI=1S/C15H10Cl2N2O2/c16-11-3-4-14(19)12(6-11)15(20)21-8-10-2-1-9(7-18)5-13(10)17/h1-6H,8,19H2. The predicted molar refractivity (Wildman–Crippen MR) is 81.2 cm³/mol. The minimum absolute atomic E-state index is 0.0185. The second-order valence-electron chi connectivity index (χ2n) is 4.23. The Morgan fingerprint density at radius 1 is 1.24 bits per heavy atom. The van der Waals surface area contributed by atoms with Gasteiger partial charge in [0, 0.05) is 21.3 Å². The van der Waals surface area contributed by atoms with Gasteiger partial charge in [-0.2, -0.15) is 5.26 Å². The number of ether oxygens (including phenoxy) is 1. The Bertz CT molecular complexity index is 739. The number of rotatable bonds is 3. The fraction of sp³-hybridized carbons (Fsp3) is 0.0667. The Balaban J connectivity index is 2.11. The predicted octanol–water partition coefficient (Wildman–Crippen LogP) is 3.80. The molecule has 2 aromatic carbocycles. The average Bonchev–Trinajstić information content (AvgIpc) is 2.48. The second kappa shape index (κ2) is 6.49. The summed E-state index contributed by atoms with van der Waals surface area (Å²) in [6.45, 7) is -0.0185. The van der Waals surface area contributed by atoms with Crippen LogP contribution in [0.1, 0.15) is 21.5 Å². The van der Waals surface area contributed by atoms with Crippen LogP contribution in [0.5, 0.6) is 0 Å². The molecule has 106 valence electrons. The molecule has 2 rings (SSSR count). The van der Waals surface area contributed by atoms with Gasteiger partial charge in [-0.1, -0.05) is 29.3 Å². The normalized spacial score (nSPS) is 9.95. The number of anilines is 1. The van der Waals surface area contributed by atoms with Gasteiger partial charge in [-0.25, -0.2) is 4.79 Å². The number of carbonyl (C=O) groups is 1. The summed E-state index contributed by atoms with van der Waals surface area (Å²) in [6, 6.07) is 11.3. The van der Waals surface area contributed by atoms with Crippen LogP contribution >= 0.6 is 23.2 Å². The lowest BCUT2D eigenvalue weighted by molar-refractivity contribution is 0.0474. The summed E-state index contributed by atoms with van der Waals surface area (Å²) in [4.78, 5) is 12.0. The highest BCUT2D eigenvalue weighted by Crippen LogP contribution is 2.21. The van der Waals surface area contributed by atoms with E-state index in [1.165, 1.54) is 18.2 Å². The summed E-state index contributed by atoms with van der Waals surface area (Å²) in [5.74, 6) is -0.588. The SMILES string of the molecule is N#Cc1ccc(COC(=O)c2cc(Cl)ccc2N)c(Cl)c1. The van der Waals surface area contributed by atoms with Crippen LogP contribution in [-0.2, 0) is 11.3 Å². The Hall–Kier alpha value is -2.22.